The van der Waals surface area contributed by atoms with Gasteiger partial charge in [0.1, 0.15) is 27.9 Å². The number of nitrogens with zero attached hydrogens (tertiary/aromatic N) is 2. The fourth-order valence-corrected chi connectivity index (χ4v) is 15.1. The predicted octanol–water partition coefficient (Wildman–Crippen LogP) is 17.6. The van der Waals surface area contributed by atoms with Gasteiger partial charge in [0.25, 0.3) is 0 Å². The molecule has 4 aliphatic rings. The molecule has 2 aliphatic heterocycles. The van der Waals surface area contributed by atoms with Crippen molar-refractivity contribution in [2.75, 3.05) is 4.81 Å². The van der Waals surface area contributed by atoms with Crippen molar-refractivity contribution in [2.24, 2.45) is 0 Å². The molecular formula is C68H55BN2O3. The van der Waals surface area contributed by atoms with Crippen molar-refractivity contribution in [2.45, 2.75) is 103 Å². The topological polar surface area (TPSA) is 47.6 Å². The molecule has 0 bridgehead atoms. The van der Waals surface area contributed by atoms with Gasteiger partial charge in [0.15, 0.2) is 5.58 Å². The molecule has 17 rings (SSSR count). The molecule has 0 unspecified atom stereocenters. The molecule has 358 valence electrons. The number of furan rings is 3. The molecule has 0 spiro atoms. The van der Waals surface area contributed by atoms with Crippen LogP contribution in [0.2, 0.25) is 0 Å². The van der Waals surface area contributed by atoms with E-state index in [2.05, 4.69) is 204 Å². The van der Waals surface area contributed by atoms with Crippen LogP contribution in [0.15, 0.2) is 153 Å². The Morgan fingerprint density at radius 2 is 0.919 bits per heavy atom. The van der Waals surface area contributed by atoms with Gasteiger partial charge in [0.2, 0.25) is 0 Å². The molecule has 0 atom stereocenters. The molecular weight excluding hydrogens is 904 g/mol. The highest BCUT2D eigenvalue weighted by molar-refractivity contribution is 6.94. The van der Waals surface area contributed by atoms with E-state index in [9.17, 15) is 0 Å². The summed E-state index contributed by atoms with van der Waals surface area (Å²) in [6.45, 7) is 19.0. The summed E-state index contributed by atoms with van der Waals surface area (Å²) in [7, 11) is 0. The van der Waals surface area contributed by atoms with Crippen LogP contribution in [-0.2, 0) is 21.7 Å². The number of fused-ring (bicyclic) bond motifs is 22. The molecule has 0 saturated carbocycles. The molecule has 74 heavy (non-hydrogen) atoms. The van der Waals surface area contributed by atoms with Crippen LogP contribution in [0, 0.1) is 0 Å². The summed E-state index contributed by atoms with van der Waals surface area (Å²) >= 11 is 0. The summed E-state index contributed by atoms with van der Waals surface area (Å²) < 4.78 is 24.8. The van der Waals surface area contributed by atoms with Gasteiger partial charge in [-0.25, -0.2) is 0 Å². The first kappa shape index (κ1) is 41.7. The van der Waals surface area contributed by atoms with E-state index in [4.69, 9.17) is 13.3 Å². The van der Waals surface area contributed by atoms with E-state index < -0.39 is 0 Å². The highest BCUT2D eigenvalue weighted by atomic mass is 16.3. The molecule has 5 nitrogen and oxygen atoms in total. The van der Waals surface area contributed by atoms with E-state index in [1.54, 1.807) is 0 Å². The zero-order valence-corrected chi connectivity index (χ0v) is 43.3. The van der Waals surface area contributed by atoms with Gasteiger partial charge in [-0.05, 0) is 141 Å². The summed E-state index contributed by atoms with van der Waals surface area (Å²) in [6.07, 6.45) is 4.57. The van der Waals surface area contributed by atoms with Gasteiger partial charge >= 0.3 is 6.85 Å². The van der Waals surface area contributed by atoms with E-state index in [-0.39, 0.29) is 28.5 Å². The second kappa shape index (κ2) is 13.3. The molecule has 6 heteroatoms. The summed E-state index contributed by atoms with van der Waals surface area (Å²) in [5.41, 5.74) is 21.6. The average molecular weight is 959 g/mol. The number of aromatic nitrogens is 1. The monoisotopic (exact) mass is 958 g/mol. The summed E-state index contributed by atoms with van der Waals surface area (Å²) in [5, 5.41) is 11.8. The van der Waals surface area contributed by atoms with Gasteiger partial charge in [-0.1, -0.05) is 140 Å². The molecule has 0 radical (unpaired) electrons. The SMILES string of the molecule is CC1(C)CCC(C)(C)c2cc3c(cc21)oc1c(N2B4c5c(cc6c(oc7ccccc76)c5-c5c2ccc2c5oc5cc6c(cc52)C(C)(C)CCC6(C)C)-n2c5c4cccc5c4ccc5ccccc5c42)cccc13. The van der Waals surface area contributed by atoms with Crippen LogP contribution in [-0.4, -0.2) is 11.4 Å². The molecule has 2 aliphatic carbocycles. The fraction of sp³-hybridized carbons (Fsp3) is 0.235. The standard InChI is InChI=1S/C68H55BN2O3/c1-65(2)27-29-67(5,6)48-34-55-43(31-46(48)65)41-19-14-21-52(62(41)73-55)71-51-26-25-42-44-32-47-49(68(7,8)30-28-66(47,3)4)35-56(44)74-63(42)57(51)58-59-53(33-45-38-17-11-12-22-54(38)72-64(45)58)70-60-37-16-10-9-15-36(37)23-24-40(60)39-18-13-20-50(61(39)70)69(59)71/h9-26,31-35H,27-30H2,1-8H3. The summed E-state index contributed by atoms with van der Waals surface area (Å²) in [5.74, 6) is 0. The van der Waals surface area contributed by atoms with Gasteiger partial charge in [-0.15, -0.1) is 0 Å². The van der Waals surface area contributed by atoms with Crippen molar-refractivity contribution in [3.63, 3.8) is 0 Å². The molecule has 9 aromatic carbocycles. The van der Waals surface area contributed by atoms with Crippen LogP contribution in [0.1, 0.15) is 103 Å². The van der Waals surface area contributed by atoms with E-state index >= 15 is 0 Å². The maximum atomic E-state index is 7.54. The van der Waals surface area contributed by atoms with Crippen LogP contribution >= 0.6 is 0 Å². The molecule has 0 saturated heterocycles. The first-order chi connectivity index (χ1) is 35.7. The first-order valence-electron chi connectivity index (χ1n) is 26.9. The second-order valence-electron chi connectivity index (χ2n) is 25.2. The minimum absolute atomic E-state index is 0.0267. The van der Waals surface area contributed by atoms with E-state index in [1.165, 1.54) is 71.1 Å². The van der Waals surface area contributed by atoms with Crippen molar-refractivity contribution in [3.8, 4) is 16.8 Å². The van der Waals surface area contributed by atoms with E-state index in [0.29, 0.717) is 0 Å². The van der Waals surface area contributed by atoms with Gasteiger partial charge in [0, 0.05) is 65.4 Å². The smallest absolute Gasteiger partial charge is 0.333 e. The number of rotatable bonds is 1. The maximum absolute atomic E-state index is 7.54. The van der Waals surface area contributed by atoms with Crippen LogP contribution < -0.4 is 15.7 Å². The zero-order chi connectivity index (χ0) is 49.7. The highest BCUT2D eigenvalue weighted by Gasteiger charge is 2.48. The second-order valence-corrected chi connectivity index (χ2v) is 25.2. The van der Waals surface area contributed by atoms with Gasteiger partial charge < -0.3 is 22.6 Å². The van der Waals surface area contributed by atoms with Gasteiger partial charge in [-0.3, -0.25) is 0 Å². The summed E-state index contributed by atoms with van der Waals surface area (Å²) in [4.78, 5) is 2.62. The Morgan fingerprint density at radius 3 is 1.64 bits per heavy atom. The Labute approximate surface area is 429 Å². The third-order valence-corrected chi connectivity index (χ3v) is 19.3. The predicted molar refractivity (Wildman–Crippen MR) is 310 cm³/mol. The largest absolute Gasteiger partial charge is 0.455 e. The molecule has 0 fully saturated rings. The Kier molecular flexibility index (Phi) is 7.52. The summed E-state index contributed by atoms with van der Waals surface area (Å²) in [6, 6.07) is 52.8. The van der Waals surface area contributed by atoms with E-state index in [1.807, 2.05) is 0 Å². The Morgan fingerprint density at radius 1 is 0.378 bits per heavy atom. The van der Waals surface area contributed by atoms with Crippen LogP contribution in [0.25, 0.3) is 115 Å². The van der Waals surface area contributed by atoms with Crippen LogP contribution in [0.5, 0.6) is 0 Å². The lowest BCUT2D eigenvalue weighted by Crippen LogP contribution is -2.60. The lowest BCUT2D eigenvalue weighted by molar-refractivity contribution is 0.332. The minimum atomic E-state index is -0.266. The number of para-hydroxylation sites is 3. The molecule has 4 aromatic heterocycles. The third kappa shape index (κ3) is 5.03. The molecule has 13 aromatic rings. The lowest BCUT2D eigenvalue weighted by Gasteiger charge is -2.42. The number of benzene rings is 9. The fourth-order valence-electron chi connectivity index (χ4n) is 15.1. The molecule has 0 amide bonds. The Hall–Kier alpha value is -7.70. The maximum Gasteiger partial charge on any atom is 0.333 e. The van der Waals surface area contributed by atoms with Crippen molar-refractivity contribution < 1.29 is 13.3 Å². The zero-order valence-electron chi connectivity index (χ0n) is 43.3. The lowest BCUT2D eigenvalue weighted by atomic mass is 9.44. The number of hydrogen-bond acceptors (Lipinski definition) is 4. The quantitative estimate of drug-likeness (QED) is 0.154. The van der Waals surface area contributed by atoms with Crippen LogP contribution in [0.4, 0.5) is 11.4 Å². The third-order valence-electron chi connectivity index (χ3n) is 19.3. The van der Waals surface area contributed by atoms with Crippen molar-refractivity contribution in [1.29, 1.82) is 0 Å². The van der Waals surface area contributed by atoms with Crippen molar-refractivity contribution >= 4 is 128 Å². The van der Waals surface area contributed by atoms with Gasteiger partial charge in [0.05, 0.1) is 22.3 Å². The minimum Gasteiger partial charge on any atom is -0.455 e. The van der Waals surface area contributed by atoms with Gasteiger partial charge in [-0.2, -0.15) is 0 Å². The van der Waals surface area contributed by atoms with Crippen molar-refractivity contribution in [3.05, 3.63) is 162 Å². The highest BCUT2D eigenvalue weighted by Crippen LogP contribution is 2.56. The molecule has 6 heterocycles. The number of hydrogen-bond donors (Lipinski definition) is 0. The first-order valence-corrected chi connectivity index (χ1v) is 26.9. The Balaban J connectivity index is 1.06. The van der Waals surface area contributed by atoms with Crippen LogP contribution in [0.3, 0.4) is 0 Å². The normalized spacial score (nSPS) is 17.9. The molecule has 0 N–H and O–H groups in total. The van der Waals surface area contributed by atoms with Crippen molar-refractivity contribution in [1.82, 2.24) is 4.57 Å². The Bertz CT molecular complexity index is 4760. The van der Waals surface area contributed by atoms with E-state index in [0.717, 1.165) is 114 Å². The number of anilines is 2. The average Bonchev–Trinajstić information content (AvgIpc) is 4.34.